The number of nitrogens with zero attached hydrogens (tertiary/aromatic N) is 2. The second-order valence-electron chi connectivity index (χ2n) is 6.22. The van der Waals surface area contributed by atoms with Gasteiger partial charge in [-0.15, -0.1) is 0 Å². The molecule has 2 atom stereocenters. The minimum atomic E-state index is -1.25. The van der Waals surface area contributed by atoms with Crippen molar-refractivity contribution in [2.24, 2.45) is 5.92 Å². The summed E-state index contributed by atoms with van der Waals surface area (Å²) in [7, 11) is 1.28. The molecule has 2 heterocycles. The minimum absolute atomic E-state index is 0.0373. The van der Waals surface area contributed by atoms with Crippen LogP contribution >= 0.6 is 0 Å². The van der Waals surface area contributed by atoms with Crippen LogP contribution in [0.5, 0.6) is 5.75 Å². The van der Waals surface area contributed by atoms with Gasteiger partial charge in [-0.2, -0.15) is 5.10 Å². The molecule has 1 aliphatic heterocycles. The number of hydrogen-bond acceptors (Lipinski definition) is 4. The molecule has 0 radical (unpaired) electrons. The maximum absolute atomic E-state index is 14.1. The molecule has 0 unspecified atom stereocenters. The smallest absolute Gasteiger partial charge is 0.260 e. The molecular formula is C17H19F2N3O3. The van der Waals surface area contributed by atoms with E-state index in [1.807, 2.05) is 13.0 Å². The van der Waals surface area contributed by atoms with Crippen molar-refractivity contribution >= 4 is 5.91 Å². The molecule has 1 aliphatic rings. The average molecular weight is 351 g/mol. The Labute approximate surface area is 143 Å². The summed E-state index contributed by atoms with van der Waals surface area (Å²) in [5, 5.41) is 17.2. The van der Waals surface area contributed by atoms with Crippen molar-refractivity contribution in [3.63, 3.8) is 0 Å². The van der Waals surface area contributed by atoms with E-state index >= 15 is 0 Å². The number of aliphatic hydroxyl groups excluding tert-OH is 1. The van der Waals surface area contributed by atoms with Crippen molar-refractivity contribution < 1.29 is 23.4 Å². The molecule has 2 aromatic rings. The first-order valence-corrected chi connectivity index (χ1v) is 7.91. The number of amides is 1. The standard InChI is InChI=1S/C17H19F2N3O3/c1-9-5-11(21-20-9)6-10-7-22(8-13(10)23)17(24)15-14(25-2)4-3-12(18)16(15)19/h3-5,10,13,23H,6-8H2,1-2H3,(H,20,21)/t10-,13-/m1/s1. The molecule has 1 aromatic heterocycles. The maximum atomic E-state index is 14.1. The summed E-state index contributed by atoms with van der Waals surface area (Å²) < 4.78 is 32.6. The number of halogens is 2. The van der Waals surface area contributed by atoms with Crippen LogP contribution in [0.1, 0.15) is 21.7 Å². The van der Waals surface area contributed by atoms with Crippen LogP contribution in [0.4, 0.5) is 8.78 Å². The van der Waals surface area contributed by atoms with Crippen LogP contribution in [-0.4, -0.2) is 52.4 Å². The number of aromatic nitrogens is 2. The fourth-order valence-corrected chi connectivity index (χ4v) is 3.13. The van der Waals surface area contributed by atoms with E-state index in [0.717, 1.165) is 17.5 Å². The molecule has 25 heavy (non-hydrogen) atoms. The number of rotatable bonds is 4. The fraction of sp³-hybridized carbons (Fsp3) is 0.412. The van der Waals surface area contributed by atoms with Gasteiger partial charge in [-0.1, -0.05) is 0 Å². The summed E-state index contributed by atoms with van der Waals surface area (Å²) in [6.07, 6.45) is -0.276. The Morgan fingerprint density at radius 2 is 2.20 bits per heavy atom. The SMILES string of the molecule is COc1ccc(F)c(F)c1C(=O)N1C[C@@H](Cc2cc(C)[nH]n2)[C@H](O)C1. The monoisotopic (exact) mass is 351 g/mol. The van der Waals surface area contributed by atoms with Crippen LogP contribution in [0.3, 0.4) is 0 Å². The molecule has 0 aliphatic carbocycles. The van der Waals surface area contributed by atoms with Crippen LogP contribution in [-0.2, 0) is 6.42 Å². The lowest BCUT2D eigenvalue weighted by Gasteiger charge is -2.18. The second-order valence-corrected chi connectivity index (χ2v) is 6.22. The average Bonchev–Trinajstić information content (AvgIpc) is 3.15. The van der Waals surface area contributed by atoms with Crippen molar-refractivity contribution in [3.8, 4) is 5.75 Å². The predicted molar refractivity (Wildman–Crippen MR) is 85.3 cm³/mol. The topological polar surface area (TPSA) is 78.5 Å². The third kappa shape index (κ3) is 3.34. The third-order valence-corrected chi connectivity index (χ3v) is 4.41. The molecule has 3 rings (SSSR count). The molecule has 1 fully saturated rings. The maximum Gasteiger partial charge on any atom is 0.260 e. The number of methoxy groups -OCH3 is 1. The van der Waals surface area contributed by atoms with E-state index in [1.54, 1.807) is 0 Å². The zero-order chi connectivity index (χ0) is 18.1. The number of ether oxygens (including phenoxy) is 1. The van der Waals surface area contributed by atoms with Crippen LogP contribution in [0.2, 0.25) is 0 Å². The predicted octanol–water partition coefficient (Wildman–Crippen LogP) is 1.68. The highest BCUT2D eigenvalue weighted by molar-refractivity contribution is 5.97. The van der Waals surface area contributed by atoms with Gasteiger partial charge in [0, 0.05) is 24.7 Å². The van der Waals surface area contributed by atoms with Gasteiger partial charge in [0.15, 0.2) is 11.6 Å². The first kappa shape index (κ1) is 17.3. The Morgan fingerprint density at radius 1 is 1.44 bits per heavy atom. The van der Waals surface area contributed by atoms with Crippen molar-refractivity contribution in [1.29, 1.82) is 0 Å². The van der Waals surface area contributed by atoms with Crippen LogP contribution in [0, 0.1) is 24.5 Å². The molecule has 2 N–H and O–H groups in total. The van der Waals surface area contributed by atoms with Gasteiger partial charge in [0.2, 0.25) is 0 Å². The van der Waals surface area contributed by atoms with Gasteiger partial charge in [-0.05, 0) is 31.5 Å². The zero-order valence-electron chi connectivity index (χ0n) is 13.9. The summed E-state index contributed by atoms with van der Waals surface area (Å²) in [6.45, 7) is 2.15. The van der Waals surface area contributed by atoms with Crippen LogP contribution in [0.25, 0.3) is 0 Å². The number of nitrogens with one attached hydrogen (secondary N) is 1. The number of aliphatic hydroxyl groups is 1. The van der Waals surface area contributed by atoms with Gasteiger partial charge in [-0.25, -0.2) is 8.78 Å². The van der Waals surface area contributed by atoms with E-state index in [4.69, 9.17) is 4.74 Å². The molecule has 0 bridgehead atoms. The van der Waals surface area contributed by atoms with Gasteiger partial charge in [-0.3, -0.25) is 9.89 Å². The Balaban J connectivity index is 1.79. The number of aromatic amines is 1. The molecule has 0 saturated carbocycles. The number of benzene rings is 1. The number of β-amino-alcohol motifs (C(OH)–C–C–N with tert-alkyl or cyclic N) is 1. The van der Waals surface area contributed by atoms with Gasteiger partial charge in [0.05, 0.1) is 18.9 Å². The van der Waals surface area contributed by atoms with E-state index in [0.29, 0.717) is 6.42 Å². The molecule has 1 saturated heterocycles. The Hall–Kier alpha value is -2.48. The number of carbonyl (C=O) groups excluding carboxylic acids is 1. The van der Waals surface area contributed by atoms with E-state index in [1.165, 1.54) is 18.1 Å². The number of carbonyl (C=O) groups is 1. The highest BCUT2D eigenvalue weighted by Gasteiger charge is 2.37. The highest BCUT2D eigenvalue weighted by Crippen LogP contribution is 2.28. The Kier molecular flexibility index (Phi) is 4.71. The summed E-state index contributed by atoms with van der Waals surface area (Å²) in [6, 6.07) is 3.99. The van der Waals surface area contributed by atoms with Gasteiger partial charge < -0.3 is 14.7 Å². The number of H-pyrrole nitrogens is 1. The lowest BCUT2D eigenvalue weighted by molar-refractivity contribution is 0.0755. The van der Waals surface area contributed by atoms with Crippen molar-refractivity contribution in [2.45, 2.75) is 19.4 Å². The van der Waals surface area contributed by atoms with E-state index in [2.05, 4.69) is 10.2 Å². The van der Waals surface area contributed by atoms with Gasteiger partial charge in [0.1, 0.15) is 11.3 Å². The van der Waals surface area contributed by atoms with Crippen LogP contribution < -0.4 is 4.74 Å². The molecule has 0 spiro atoms. The number of likely N-dealkylation sites (tertiary alicyclic amines) is 1. The molecule has 1 aromatic carbocycles. The Morgan fingerprint density at radius 3 is 2.84 bits per heavy atom. The molecular weight excluding hydrogens is 332 g/mol. The molecule has 134 valence electrons. The second kappa shape index (κ2) is 6.79. The van der Waals surface area contributed by atoms with Crippen LogP contribution in [0.15, 0.2) is 18.2 Å². The quantitative estimate of drug-likeness (QED) is 0.879. The third-order valence-electron chi connectivity index (χ3n) is 4.41. The zero-order valence-corrected chi connectivity index (χ0v) is 13.9. The number of aryl methyl sites for hydroxylation is 1. The normalized spacial score (nSPS) is 20.1. The summed E-state index contributed by atoms with van der Waals surface area (Å²) in [5.74, 6) is -3.33. The van der Waals surface area contributed by atoms with Crippen molar-refractivity contribution in [2.75, 3.05) is 20.2 Å². The van der Waals surface area contributed by atoms with Gasteiger partial charge in [0.25, 0.3) is 5.91 Å². The largest absolute Gasteiger partial charge is 0.496 e. The molecule has 8 heteroatoms. The van der Waals surface area contributed by atoms with Crippen molar-refractivity contribution in [1.82, 2.24) is 15.1 Å². The van der Waals surface area contributed by atoms with Gasteiger partial charge >= 0.3 is 0 Å². The first-order chi connectivity index (χ1) is 11.9. The first-order valence-electron chi connectivity index (χ1n) is 7.91. The molecule has 1 amide bonds. The van der Waals surface area contributed by atoms with Crippen molar-refractivity contribution in [3.05, 3.63) is 46.8 Å². The van der Waals surface area contributed by atoms with E-state index in [9.17, 15) is 18.7 Å². The summed E-state index contributed by atoms with van der Waals surface area (Å²) in [4.78, 5) is 14.0. The number of hydrogen-bond donors (Lipinski definition) is 2. The Bertz CT molecular complexity index is 793. The lowest BCUT2D eigenvalue weighted by Crippen LogP contribution is -2.31. The molecule has 6 nitrogen and oxygen atoms in total. The fourth-order valence-electron chi connectivity index (χ4n) is 3.13. The highest BCUT2D eigenvalue weighted by atomic mass is 19.2. The minimum Gasteiger partial charge on any atom is -0.496 e. The lowest BCUT2D eigenvalue weighted by atomic mass is 10.00. The van der Waals surface area contributed by atoms with E-state index < -0.39 is 29.2 Å². The summed E-state index contributed by atoms with van der Waals surface area (Å²) >= 11 is 0. The van der Waals surface area contributed by atoms with E-state index in [-0.39, 0.29) is 24.8 Å². The summed E-state index contributed by atoms with van der Waals surface area (Å²) in [5.41, 5.74) is 1.23.